The summed E-state index contributed by atoms with van der Waals surface area (Å²) in [5.74, 6) is -0.374. The molecule has 1 atom stereocenters. The molecule has 0 unspecified atom stereocenters. The van der Waals surface area contributed by atoms with Gasteiger partial charge in [-0.1, -0.05) is 54.6 Å². The summed E-state index contributed by atoms with van der Waals surface area (Å²) < 4.78 is 11.4. The van der Waals surface area contributed by atoms with Crippen LogP contribution in [0.3, 0.4) is 0 Å². The molecule has 1 fully saturated rings. The first-order valence-corrected chi connectivity index (χ1v) is 13.5. The molecule has 1 heterocycles. The van der Waals surface area contributed by atoms with E-state index in [4.69, 9.17) is 9.47 Å². The molecule has 1 aliphatic heterocycles. The minimum Gasteiger partial charge on any atom is -0.444 e. The molecule has 1 N–H and O–H groups in total. The lowest BCUT2D eigenvalue weighted by atomic mass is 9.99. The molecule has 0 aromatic heterocycles. The number of nitrogens with zero attached hydrogens (tertiary/aromatic N) is 1. The average molecular weight is 543 g/mol. The average Bonchev–Trinajstić information content (AvgIpc) is 3.17. The molecule has 3 aromatic carbocycles. The number of benzene rings is 3. The van der Waals surface area contributed by atoms with E-state index in [1.165, 1.54) is 4.90 Å². The van der Waals surface area contributed by atoms with Crippen molar-refractivity contribution in [2.75, 3.05) is 11.9 Å². The fourth-order valence-corrected chi connectivity index (χ4v) is 4.84. The van der Waals surface area contributed by atoms with Crippen LogP contribution in [0.4, 0.5) is 10.5 Å². The predicted octanol–water partition coefficient (Wildman–Crippen LogP) is 6.87. The predicted molar refractivity (Wildman–Crippen MR) is 156 cm³/mol. The van der Waals surface area contributed by atoms with Crippen LogP contribution in [0.2, 0.25) is 0 Å². The van der Waals surface area contributed by atoms with Crippen LogP contribution < -0.4 is 5.32 Å². The molecule has 7 heteroatoms. The van der Waals surface area contributed by atoms with Crippen LogP contribution in [0.25, 0.3) is 11.1 Å². The van der Waals surface area contributed by atoms with Gasteiger partial charge in [0.25, 0.3) is 5.91 Å². The van der Waals surface area contributed by atoms with Gasteiger partial charge in [0.1, 0.15) is 16.9 Å². The second-order valence-corrected chi connectivity index (χ2v) is 11.8. The number of hydrogen-bond acceptors (Lipinski definition) is 5. The van der Waals surface area contributed by atoms with Gasteiger partial charge in [0.05, 0.1) is 6.61 Å². The maximum absolute atomic E-state index is 13.4. The van der Waals surface area contributed by atoms with E-state index in [1.54, 1.807) is 65.8 Å². The molecule has 210 valence electrons. The lowest BCUT2D eigenvalue weighted by molar-refractivity contribution is -0.127. The highest BCUT2D eigenvalue weighted by molar-refractivity contribution is 6.01. The Labute approximate surface area is 236 Å². The van der Waals surface area contributed by atoms with Gasteiger partial charge in [-0.3, -0.25) is 14.5 Å². The van der Waals surface area contributed by atoms with Gasteiger partial charge in [-0.05, 0) is 88.9 Å². The van der Waals surface area contributed by atoms with Crippen LogP contribution in [-0.4, -0.2) is 46.2 Å². The van der Waals surface area contributed by atoms with Gasteiger partial charge in [0, 0.05) is 17.7 Å². The number of amides is 2. The van der Waals surface area contributed by atoms with Gasteiger partial charge in [-0.15, -0.1) is 0 Å². The van der Waals surface area contributed by atoms with Crippen molar-refractivity contribution in [2.45, 2.75) is 71.2 Å². The normalized spacial score (nSPS) is 18.3. The second kappa shape index (κ2) is 11.3. The van der Waals surface area contributed by atoms with E-state index in [2.05, 4.69) is 41.7 Å². The molecule has 3 aromatic rings. The molecular formula is C33H38N2O5. The van der Waals surface area contributed by atoms with Crippen molar-refractivity contribution >= 4 is 23.5 Å². The molecular weight excluding hydrogens is 504 g/mol. The van der Waals surface area contributed by atoms with Crippen molar-refractivity contribution in [3.05, 3.63) is 90.0 Å². The lowest BCUT2D eigenvalue weighted by Gasteiger charge is -2.39. The highest BCUT2D eigenvalue weighted by atomic mass is 16.6. The van der Waals surface area contributed by atoms with E-state index in [-0.39, 0.29) is 12.4 Å². The Morgan fingerprint density at radius 3 is 2.08 bits per heavy atom. The van der Waals surface area contributed by atoms with Crippen molar-refractivity contribution in [2.24, 2.45) is 0 Å². The second-order valence-electron chi connectivity index (χ2n) is 11.8. The molecule has 0 aliphatic carbocycles. The summed E-state index contributed by atoms with van der Waals surface area (Å²) in [7, 11) is 0. The highest BCUT2D eigenvalue weighted by Crippen LogP contribution is 2.37. The Bertz CT molecular complexity index is 1360. The number of anilines is 1. The van der Waals surface area contributed by atoms with Gasteiger partial charge < -0.3 is 14.8 Å². The molecule has 1 saturated heterocycles. The zero-order chi connectivity index (χ0) is 29.1. The third-order valence-corrected chi connectivity index (χ3v) is 6.97. The van der Waals surface area contributed by atoms with Gasteiger partial charge in [0.2, 0.25) is 0 Å². The maximum atomic E-state index is 13.4. The van der Waals surface area contributed by atoms with Crippen LogP contribution in [0.5, 0.6) is 0 Å². The number of hydrogen-bond donors (Lipinski definition) is 1. The number of ketones is 1. The minimum absolute atomic E-state index is 0.0218. The summed E-state index contributed by atoms with van der Waals surface area (Å²) in [5, 5.41) is 2.87. The molecule has 0 bridgehead atoms. The van der Waals surface area contributed by atoms with Crippen LogP contribution in [-0.2, 0) is 20.7 Å². The quantitative estimate of drug-likeness (QED) is 0.329. The van der Waals surface area contributed by atoms with Gasteiger partial charge in [-0.2, -0.15) is 0 Å². The molecule has 0 spiro atoms. The standard InChI is InChI=1S/C33H38N2O5/c1-31(2,3)40-30(38)35-32(4,5)39-22-33(35,6)29(37)34-27-19-17-26(18-20-27)28(36)21-14-23-12-15-25(16-13-23)24-10-8-7-9-11-24/h7-13,15-20H,14,21-22H2,1-6H3,(H,34,37)/t33-/m0/s1. The lowest BCUT2D eigenvalue weighted by Crippen LogP contribution is -2.60. The number of rotatable bonds is 7. The zero-order valence-corrected chi connectivity index (χ0v) is 24.1. The molecule has 1 aliphatic rings. The number of nitrogens with one attached hydrogen (secondary N) is 1. The van der Waals surface area contributed by atoms with Gasteiger partial charge in [-0.25, -0.2) is 4.79 Å². The Morgan fingerprint density at radius 2 is 1.48 bits per heavy atom. The fraction of sp³-hybridized carbons (Fsp3) is 0.364. The van der Waals surface area contributed by atoms with Crippen molar-refractivity contribution in [3.63, 3.8) is 0 Å². The summed E-state index contributed by atoms with van der Waals surface area (Å²) >= 11 is 0. The van der Waals surface area contributed by atoms with Crippen molar-refractivity contribution in [3.8, 4) is 11.1 Å². The third kappa shape index (κ3) is 6.59. The summed E-state index contributed by atoms with van der Waals surface area (Å²) in [6.07, 6.45) is 0.399. The molecule has 0 saturated carbocycles. The van der Waals surface area contributed by atoms with E-state index in [9.17, 15) is 14.4 Å². The van der Waals surface area contributed by atoms with E-state index in [0.29, 0.717) is 24.1 Å². The molecule has 0 radical (unpaired) electrons. The third-order valence-electron chi connectivity index (χ3n) is 6.97. The number of carbonyl (C=O) groups excluding carboxylic acids is 3. The Balaban J connectivity index is 1.36. The van der Waals surface area contributed by atoms with Gasteiger partial charge >= 0.3 is 6.09 Å². The smallest absolute Gasteiger partial charge is 0.413 e. The van der Waals surface area contributed by atoms with E-state index < -0.39 is 28.9 Å². The van der Waals surface area contributed by atoms with Crippen molar-refractivity contribution in [1.29, 1.82) is 0 Å². The summed E-state index contributed by atoms with van der Waals surface area (Å²) in [6, 6.07) is 25.3. The molecule has 40 heavy (non-hydrogen) atoms. The number of ether oxygens (including phenoxy) is 2. The van der Waals surface area contributed by atoms with Crippen molar-refractivity contribution < 1.29 is 23.9 Å². The van der Waals surface area contributed by atoms with Crippen LogP contribution in [0.1, 0.15) is 63.9 Å². The van der Waals surface area contributed by atoms with Crippen LogP contribution in [0, 0.1) is 0 Å². The highest BCUT2D eigenvalue weighted by Gasteiger charge is 2.57. The number of Topliss-reactive ketones (excluding diaryl/α,β-unsaturated/α-hetero) is 1. The fourth-order valence-electron chi connectivity index (χ4n) is 4.84. The first-order chi connectivity index (χ1) is 18.8. The van der Waals surface area contributed by atoms with Gasteiger partial charge in [0.15, 0.2) is 5.78 Å². The number of carbonyl (C=O) groups is 3. The zero-order valence-electron chi connectivity index (χ0n) is 24.1. The minimum atomic E-state index is -1.28. The first-order valence-electron chi connectivity index (χ1n) is 13.5. The summed E-state index contributed by atoms with van der Waals surface area (Å²) in [6.45, 7) is 10.5. The molecule has 4 rings (SSSR count). The van der Waals surface area contributed by atoms with E-state index in [0.717, 1.165) is 16.7 Å². The summed E-state index contributed by atoms with van der Waals surface area (Å²) in [4.78, 5) is 40.6. The Morgan fingerprint density at radius 1 is 0.875 bits per heavy atom. The van der Waals surface area contributed by atoms with Crippen LogP contribution in [0.15, 0.2) is 78.9 Å². The molecule has 7 nitrogen and oxygen atoms in total. The Kier molecular flexibility index (Phi) is 8.17. The van der Waals surface area contributed by atoms with Crippen LogP contribution >= 0.6 is 0 Å². The molecule has 2 amide bonds. The summed E-state index contributed by atoms with van der Waals surface area (Å²) in [5.41, 5.74) is 1.47. The van der Waals surface area contributed by atoms with E-state index >= 15 is 0 Å². The Hall–Kier alpha value is -3.97. The monoisotopic (exact) mass is 542 g/mol. The van der Waals surface area contributed by atoms with E-state index in [1.807, 2.05) is 18.2 Å². The maximum Gasteiger partial charge on any atom is 0.413 e. The van der Waals surface area contributed by atoms with Crippen molar-refractivity contribution in [1.82, 2.24) is 4.90 Å². The first kappa shape index (κ1) is 29.0. The topological polar surface area (TPSA) is 84.9 Å². The number of aryl methyl sites for hydroxylation is 1. The largest absolute Gasteiger partial charge is 0.444 e. The SMILES string of the molecule is CC(C)(C)OC(=O)N1C(C)(C)OC[C@@]1(C)C(=O)Nc1ccc(C(=O)CCc2ccc(-c3ccccc3)cc2)cc1.